The van der Waals surface area contributed by atoms with Gasteiger partial charge in [-0.3, -0.25) is 0 Å². The van der Waals surface area contributed by atoms with Crippen LogP contribution in [-0.4, -0.2) is 25.5 Å². The Kier molecular flexibility index (Phi) is 5.84. The molecule has 0 bridgehead atoms. The number of rotatable bonds is 10. The quantitative estimate of drug-likeness (QED) is 0.581. The maximum atomic E-state index is 12.3. The van der Waals surface area contributed by atoms with E-state index in [2.05, 4.69) is 21.9 Å². The lowest BCUT2D eigenvalue weighted by Crippen LogP contribution is -2.32. The molecule has 1 saturated carbocycles. The largest absolute Gasteiger partial charge is 0.363 e. The van der Waals surface area contributed by atoms with Gasteiger partial charge in [-0.2, -0.15) is 0 Å². The molecule has 5 nitrogen and oxygen atoms in total. The molecule has 1 atom stereocenters. The normalized spacial score (nSPS) is 17.0. The van der Waals surface area contributed by atoms with Gasteiger partial charge in [-0.25, -0.2) is 13.1 Å². The second kappa shape index (κ2) is 7.42. The van der Waals surface area contributed by atoms with E-state index in [1.54, 1.807) is 12.3 Å². The van der Waals surface area contributed by atoms with Crippen molar-refractivity contribution in [1.29, 1.82) is 0 Å². The molecule has 1 aliphatic carbocycles. The lowest BCUT2D eigenvalue weighted by Gasteiger charge is -2.13. The second-order valence-corrected chi connectivity index (χ2v) is 7.75. The standard InChI is InChI=1S/C15H27N3O2S/c1-3-4-5-6-12(2)18-21(19,20)15-9-14(17-11-15)10-16-13-7-8-13/h9,11-13,16-18H,3-8,10H2,1-2H3. The number of aromatic nitrogens is 1. The molecule has 21 heavy (non-hydrogen) atoms. The first-order valence-electron chi connectivity index (χ1n) is 7.94. The predicted octanol–water partition coefficient (Wildman–Crippen LogP) is 2.51. The predicted molar refractivity (Wildman–Crippen MR) is 84.6 cm³/mol. The summed E-state index contributed by atoms with van der Waals surface area (Å²) in [6.07, 6.45) is 8.26. The maximum Gasteiger partial charge on any atom is 0.242 e. The molecule has 1 fully saturated rings. The van der Waals surface area contributed by atoms with E-state index in [1.165, 1.54) is 12.8 Å². The van der Waals surface area contributed by atoms with Crippen molar-refractivity contribution in [2.75, 3.05) is 0 Å². The van der Waals surface area contributed by atoms with Gasteiger partial charge < -0.3 is 10.3 Å². The van der Waals surface area contributed by atoms with Crippen LogP contribution in [0.5, 0.6) is 0 Å². The summed E-state index contributed by atoms with van der Waals surface area (Å²) in [5, 5.41) is 3.37. The highest BCUT2D eigenvalue weighted by molar-refractivity contribution is 7.89. The van der Waals surface area contributed by atoms with Crippen LogP contribution in [0.4, 0.5) is 0 Å². The lowest BCUT2D eigenvalue weighted by molar-refractivity contribution is 0.527. The number of sulfonamides is 1. The van der Waals surface area contributed by atoms with Crippen molar-refractivity contribution < 1.29 is 8.42 Å². The molecule has 0 radical (unpaired) electrons. The summed E-state index contributed by atoms with van der Waals surface area (Å²) in [6.45, 7) is 4.77. The fourth-order valence-electron chi connectivity index (χ4n) is 2.31. The van der Waals surface area contributed by atoms with Crippen LogP contribution in [0.3, 0.4) is 0 Å². The average molecular weight is 313 g/mol. The van der Waals surface area contributed by atoms with Crippen molar-refractivity contribution in [3.8, 4) is 0 Å². The molecule has 120 valence electrons. The Balaban J connectivity index is 1.85. The molecule has 6 heteroatoms. The molecule has 0 aromatic carbocycles. The van der Waals surface area contributed by atoms with Gasteiger partial charge in [0.15, 0.2) is 0 Å². The number of hydrogen-bond donors (Lipinski definition) is 3. The van der Waals surface area contributed by atoms with Crippen molar-refractivity contribution in [2.24, 2.45) is 0 Å². The Labute approximate surface area is 128 Å². The average Bonchev–Trinajstić information content (AvgIpc) is 3.12. The van der Waals surface area contributed by atoms with Gasteiger partial charge >= 0.3 is 0 Å². The third-order valence-corrected chi connectivity index (χ3v) is 5.35. The highest BCUT2D eigenvalue weighted by Gasteiger charge is 2.22. The Morgan fingerprint density at radius 3 is 2.81 bits per heavy atom. The molecule has 1 unspecified atom stereocenters. The van der Waals surface area contributed by atoms with Crippen LogP contribution in [0.15, 0.2) is 17.2 Å². The molecule has 1 aromatic heterocycles. The summed E-state index contributed by atoms with van der Waals surface area (Å²) in [5.74, 6) is 0. The Morgan fingerprint density at radius 1 is 1.38 bits per heavy atom. The van der Waals surface area contributed by atoms with Crippen molar-refractivity contribution >= 4 is 10.0 Å². The molecule has 1 aliphatic rings. The van der Waals surface area contributed by atoms with Gasteiger partial charge in [-0.1, -0.05) is 26.2 Å². The highest BCUT2D eigenvalue weighted by atomic mass is 32.2. The van der Waals surface area contributed by atoms with Crippen LogP contribution in [0.1, 0.15) is 58.1 Å². The second-order valence-electron chi connectivity index (χ2n) is 6.03. The first-order valence-corrected chi connectivity index (χ1v) is 9.42. The summed E-state index contributed by atoms with van der Waals surface area (Å²) >= 11 is 0. The molecule has 0 saturated heterocycles. The van der Waals surface area contributed by atoms with Gasteiger partial charge in [-0.15, -0.1) is 0 Å². The number of aromatic amines is 1. The van der Waals surface area contributed by atoms with Crippen LogP contribution in [0.2, 0.25) is 0 Å². The van der Waals surface area contributed by atoms with Gasteiger partial charge in [0, 0.05) is 30.5 Å². The van der Waals surface area contributed by atoms with E-state index in [9.17, 15) is 8.42 Å². The van der Waals surface area contributed by atoms with Crippen LogP contribution >= 0.6 is 0 Å². The Hall–Kier alpha value is -0.850. The molecule has 1 heterocycles. The van der Waals surface area contributed by atoms with Crippen LogP contribution < -0.4 is 10.0 Å². The topological polar surface area (TPSA) is 74.0 Å². The third-order valence-electron chi connectivity index (χ3n) is 3.78. The minimum Gasteiger partial charge on any atom is -0.363 e. The fraction of sp³-hybridized carbons (Fsp3) is 0.733. The minimum atomic E-state index is -3.41. The number of nitrogens with one attached hydrogen (secondary N) is 3. The SMILES string of the molecule is CCCCCC(C)NS(=O)(=O)c1c[nH]c(CNC2CC2)c1. The minimum absolute atomic E-state index is 0.0236. The van der Waals surface area contributed by atoms with E-state index in [0.29, 0.717) is 17.5 Å². The zero-order valence-electron chi connectivity index (χ0n) is 13.0. The third kappa shape index (κ3) is 5.45. The Bertz CT molecular complexity index is 535. The molecule has 1 aromatic rings. The van der Waals surface area contributed by atoms with E-state index in [-0.39, 0.29) is 6.04 Å². The fourth-order valence-corrected chi connectivity index (χ4v) is 3.61. The summed E-state index contributed by atoms with van der Waals surface area (Å²) in [4.78, 5) is 3.37. The zero-order valence-corrected chi connectivity index (χ0v) is 13.8. The van der Waals surface area contributed by atoms with Gasteiger partial charge in [-0.05, 0) is 32.3 Å². The van der Waals surface area contributed by atoms with E-state index in [4.69, 9.17) is 0 Å². The smallest absolute Gasteiger partial charge is 0.242 e. The molecule has 2 rings (SSSR count). The van der Waals surface area contributed by atoms with Crippen molar-refractivity contribution in [1.82, 2.24) is 15.0 Å². The van der Waals surface area contributed by atoms with Crippen molar-refractivity contribution in [2.45, 2.75) is 75.9 Å². The van der Waals surface area contributed by atoms with E-state index in [0.717, 1.165) is 31.4 Å². The molecular formula is C15H27N3O2S. The number of H-pyrrole nitrogens is 1. The summed E-state index contributed by atoms with van der Waals surface area (Å²) in [7, 11) is -3.41. The first-order chi connectivity index (χ1) is 10.0. The molecular weight excluding hydrogens is 286 g/mol. The van der Waals surface area contributed by atoms with Gasteiger partial charge in [0.2, 0.25) is 10.0 Å². The molecule has 0 amide bonds. The van der Waals surface area contributed by atoms with Crippen LogP contribution in [0.25, 0.3) is 0 Å². The molecule has 0 aliphatic heterocycles. The van der Waals surface area contributed by atoms with Crippen molar-refractivity contribution in [3.63, 3.8) is 0 Å². The summed E-state index contributed by atoms with van der Waals surface area (Å²) in [5.41, 5.74) is 0.918. The van der Waals surface area contributed by atoms with Crippen LogP contribution in [0, 0.1) is 0 Å². The van der Waals surface area contributed by atoms with E-state index < -0.39 is 10.0 Å². The monoisotopic (exact) mass is 313 g/mol. The zero-order chi connectivity index (χ0) is 15.3. The number of unbranched alkanes of at least 4 members (excludes halogenated alkanes) is 2. The summed E-state index contributed by atoms with van der Waals surface area (Å²) in [6, 6.07) is 2.31. The highest BCUT2D eigenvalue weighted by Crippen LogP contribution is 2.19. The van der Waals surface area contributed by atoms with Crippen LogP contribution in [-0.2, 0) is 16.6 Å². The van der Waals surface area contributed by atoms with Gasteiger partial charge in [0.25, 0.3) is 0 Å². The number of hydrogen-bond acceptors (Lipinski definition) is 3. The molecule has 3 N–H and O–H groups in total. The molecule has 0 spiro atoms. The summed E-state index contributed by atoms with van der Waals surface area (Å²) < 4.78 is 27.3. The first kappa shape index (κ1) is 16.5. The van der Waals surface area contributed by atoms with Gasteiger partial charge in [0.1, 0.15) is 0 Å². The maximum absolute atomic E-state index is 12.3. The Morgan fingerprint density at radius 2 is 2.14 bits per heavy atom. The van der Waals surface area contributed by atoms with E-state index >= 15 is 0 Å². The van der Waals surface area contributed by atoms with Crippen molar-refractivity contribution in [3.05, 3.63) is 18.0 Å². The lowest BCUT2D eigenvalue weighted by atomic mass is 10.1. The van der Waals surface area contributed by atoms with Gasteiger partial charge in [0.05, 0.1) is 4.90 Å². The van der Waals surface area contributed by atoms with E-state index in [1.807, 2.05) is 6.92 Å².